The highest BCUT2D eigenvalue weighted by Gasteiger charge is 2.51. The van der Waals surface area contributed by atoms with Gasteiger partial charge in [0, 0.05) is 50.6 Å². The Morgan fingerprint density at radius 2 is 1.82 bits per heavy atom. The molecular weight excluding hydrogens is 352 g/mol. The highest BCUT2D eigenvalue weighted by molar-refractivity contribution is 6.02. The molecule has 2 aromatic rings. The lowest BCUT2D eigenvalue weighted by molar-refractivity contribution is 0.0941. The van der Waals surface area contributed by atoms with Gasteiger partial charge >= 0.3 is 0 Å². The fourth-order valence-corrected chi connectivity index (χ4v) is 5.30. The molecule has 4 aliphatic heterocycles. The minimum Gasteiger partial charge on any atom is -0.507 e. The lowest BCUT2D eigenvalue weighted by atomic mass is 9.69. The molecule has 2 aromatic carbocycles. The Morgan fingerprint density at radius 1 is 1.18 bits per heavy atom. The summed E-state index contributed by atoms with van der Waals surface area (Å²) in [4.78, 5) is 17.9. The van der Waals surface area contributed by atoms with Crippen molar-refractivity contribution in [2.45, 2.75) is 13.3 Å². The lowest BCUT2D eigenvalue weighted by Gasteiger charge is -2.50. The van der Waals surface area contributed by atoms with Crippen molar-refractivity contribution >= 4 is 22.4 Å². The van der Waals surface area contributed by atoms with Gasteiger partial charge in [0.1, 0.15) is 5.75 Å². The number of phenolic OH excluding ortho intramolecular Hbond substituents is 1. The van der Waals surface area contributed by atoms with E-state index in [4.69, 9.17) is 0 Å². The van der Waals surface area contributed by atoms with E-state index in [-0.39, 0.29) is 22.6 Å². The second kappa shape index (κ2) is 6.57. The summed E-state index contributed by atoms with van der Waals surface area (Å²) >= 11 is 0. The second-order valence-electron chi connectivity index (χ2n) is 8.46. The average Bonchev–Trinajstić information content (AvgIpc) is 2.94. The SMILES string of the molecule is CCC12CN3CCN(CC(C3)/C1=N\NC(=O)c1cc3ccccc3cc1O)C2. The first-order valence-electron chi connectivity index (χ1n) is 10.1. The van der Waals surface area contributed by atoms with Gasteiger partial charge in [0.2, 0.25) is 0 Å². The van der Waals surface area contributed by atoms with Crippen LogP contribution >= 0.6 is 0 Å². The molecule has 6 rings (SSSR count). The molecule has 4 aliphatic rings. The van der Waals surface area contributed by atoms with Crippen molar-refractivity contribution in [3.63, 3.8) is 0 Å². The lowest BCUT2D eigenvalue weighted by Crippen LogP contribution is -2.61. The maximum atomic E-state index is 12.8. The molecule has 6 nitrogen and oxygen atoms in total. The van der Waals surface area contributed by atoms with E-state index in [0.717, 1.165) is 62.2 Å². The van der Waals surface area contributed by atoms with Crippen LogP contribution in [0.25, 0.3) is 10.8 Å². The van der Waals surface area contributed by atoms with Crippen molar-refractivity contribution in [1.82, 2.24) is 15.2 Å². The number of nitrogens with one attached hydrogen (secondary N) is 1. The number of hydrogen-bond acceptors (Lipinski definition) is 5. The van der Waals surface area contributed by atoms with Crippen molar-refractivity contribution in [3.8, 4) is 5.75 Å². The van der Waals surface area contributed by atoms with Gasteiger partial charge in [-0.05, 0) is 29.3 Å². The Kier molecular flexibility index (Phi) is 4.14. The van der Waals surface area contributed by atoms with Gasteiger partial charge in [0.25, 0.3) is 5.91 Å². The van der Waals surface area contributed by atoms with E-state index in [1.165, 1.54) is 0 Å². The first-order valence-corrected chi connectivity index (χ1v) is 10.1. The minimum absolute atomic E-state index is 0.0132. The minimum atomic E-state index is -0.353. The number of carbonyl (C=O) groups excluding carboxylic acids is 1. The number of piperidine rings is 2. The summed E-state index contributed by atoms with van der Waals surface area (Å²) in [6.07, 6.45) is 1.02. The summed E-state index contributed by atoms with van der Waals surface area (Å²) < 4.78 is 0. The van der Waals surface area contributed by atoms with Crippen LogP contribution in [0.4, 0.5) is 0 Å². The zero-order valence-electron chi connectivity index (χ0n) is 16.2. The number of rotatable bonds is 3. The fraction of sp³-hybridized carbons (Fsp3) is 0.455. The first-order chi connectivity index (χ1) is 13.6. The van der Waals surface area contributed by atoms with E-state index in [1.807, 2.05) is 24.3 Å². The molecule has 146 valence electrons. The van der Waals surface area contributed by atoms with Crippen molar-refractivity contribution < 1.29 is 9.90 Å². The number of aromatic hydroxyl groups is 1. The van der Waals surface area contributed by atoms with Crippen molar-refractivity contribution in [3.05, 3.63) is 42.0 Å². The monoisotopic (exact) mass is 378 g/mol. The molecule has 0 saturated carbocycles. The summed E-state index contributed by atoms with van der Waals surface area (Å²) in [6.45, 7) is 8.56. The molecule has 0 aromatic heterocycles. The van der Waals surface area contributed by atoms with Crippen LogP contribution < -0.4 is 5.43 Å². The first kappa shape index (κ1) is 17.6. The number of fused-ring (bicyclic) bond motifs is 2. The van der Waals surface area contributed by atoms with Crippen LogP contribution in [0.1, 0.15) is 23.7 Å². The Hall–Kier alpha value is -2.44. The predicted molar refractivity (Wildman–Crippen MR) is 110 cm³/mol. The number of hydrazone groups is 1. The summed E-state index contributed by atoms with van der Waals surface area (Å²) in [6, 6.07) is 11.1. The van der Waals surface area contributed by atoms with Crippen LogP contribution in [0.15, 0.2) is 41.5 Å². The molecule has 2 atom stereocenters. The van der Waals surface area contributed by atoms with Crippen LogP contribution in [0.5, 0.6) is 5.75 Å². The zero-order valence-corrected chi connectivity index (χ0v) is 16.2. The van der Waals surface area contributed by atoms with Crippen LogP contribution in [-0.2, 0) is 0 Å². The molecule has 2 unspecified atom stereocenters. The van der Waals surface area contributed by atoms with E-state index in [9.17, 15) is 9.90 Å². The highest BCUT2D eigenvalue weighted by Crippen LogP contribution is 2.40. The third-order valence-corrected chi connectivity index (χ3v) is 6.74. The summed E-state index contributed by atoms with van der Waals surface area (Å²) in [5, 5.41) is 16.8. The summed E-state index contributed by atoms with van der Waals surface area (Å²) in [5.74, 6) is 0.00500. The summed E-state index contributed by atoms with van der Waals surface area (Å²) in [5.41, 5.74) is 4.19. The smallest absolute Gasteiger partial charge is 0.275 e. The molecular formula is C22H26N4O2. The Bertz CT molecular complexity index is 954. The van der Waals surface area contributed by atoms with Gasteiger partial charge in [0.15, 0.2) is 0 Å². The Balaban J connectivity index is 1.44. The van der Waals surface area contributed by atoms with Crippen LogP contribution in [-0.4, -0.2) is 65.8 Å². The predicted octanol–water partition coefficient (Wildman–Crippen LogP) is 2.29. The Labute approximate surface area is 164 Å². The largest absolute Gasteiger partial charge is 0.507 e. The number of nitrogens with zero attached hydrogens (tertiary/aromatic N) is 3. The normalized spacial score (nSPS) is 32.6. The molecule has 4 bridgehead atoms. The molecule has 0 spiro atoms. The van der Waals surface area contributed by atoms with E-state index >= 15 is 0 Å². The number of amides is 1. The molecule has 2 N–H and O–H groups in total. The molecule has 1 amide bonds. The van der Waals surface area contributed by atoms with Crippen molar-refractivity contribution in [1.29, 1.82) is 0 Å². The quantitative estimate of drug-likeness (QED) is 0.804. The average molecular weight is 378 g/mol. The molecule has 0 radical (unpaired) electrons. The van der Waals surface area contributed by atoms with E-state index in [2.05, 4.69) is 27.3 Å². The number of carbonyl (C=O) groups is 1. The van der Waals surface area contributed by atoms with Gasteiger partial charge in [-0.2, -0.15) is 5.10 Å². The van der Waals surface area contributed by atoms with Crippen molar-refractivity contribution in [2.75, 3.05) is 39.3 Å². The van der Waals surface area contributed by atoms with E-state index < -0.39 is 0 Å². The molecule has 4 saturated heterocycles. The van der Waals surface area contributed by atoms with Gasteiger partial charge in [-0.15, -0.1) is 0 Å². The third-order valence-electron chi connectivity index (χ3n) is 6.74. The van der Waals surface area contributed by atoms with Gasteiger partial charge in [-0.25, -0.2) is 5.43 Å². The van der Waals surface area contributed by atoms with Gasteiger partial charge in [-0.3, -0.25) is 4.79 Å². The van der Waals surface area contributed by atoms with Gasteiger partial charge < -0.3 is 14.9 Å². The molecule has 28 heavy (non-hydrogen) atoms. The second-order valence-corrected chi connectivity index (χ2v) is 8.46. The Morgan fingerprint density at radius 3 is 2.46 bits per heavy atom. The number of benzene rings is 2. The molecule has 4 heterocycles. The van der Waals surface area contributed by atoms with Crippen LogP contribution in [0, 0.1) is 11.3 Å². The molecule has 4 fully saturated rings. The number of hydrogen-bond donors (Lipinski definition) is 2. The highest BCUT2D eigenvalue weighted by atomic mass is 16.3. The fourth-order valence-electron chi connectivity index (χ4n) is 5.30. The van der Waals surface area contributed by atoms with Crippen molar-refractivity contribution in [2.24, 2.45) is 16.4 Å². The topological polar surface area (TPSA) is 68.2 Å². The maximum Gasteiger partial charge on any atom is 0.275 e. The van der Waals surface area contributed by atoms with Gasteiger partial charge in [0.05, 0.1) is 11.3 Å². The van der Waals surface area contributed by atoms with Crippen LogP contribution in [0.3, 0.4) is 0 Å². The number of phenols is 1. The molecule has 6 heteroatoms. The zero-order chi connectivity index (χ0) is 19.3. The van der Waals surface area contributed by atoms with Gasteiger partial charge in [-0.1, -0.05) is 31.2 Å². The third kappa shape index (κ3) is 2.79. The standard InChI is InChI=1S/C22H26N4O2/c1-2-22-13-25-7-8-26(14-22)12-17(11-25)20(22)23-24-21(28)18-9-15-5-3-4-6-16(15)10-19(18)27/h3-6,9-10,17,27H,2,7-8,11-14H2,1H3,(H,24,28)/b23-20+. The summed E-state index contributed by atoms with van der Waals surface area (Å²) in [7, 11) is 0. The van der Waals surface area contributed by atoms with E-state index in [0.29, 0.717) is 5.92 Å². The van der Waals surface area contributed by atoms with Crippen LogP contribution in [0.2, 0.25) is 0 Å². The maximum absolute atomic E-state index is 12.8. The molecule has 0 aliphatic carbocycles. The van der Waals surface area contributed by atoms with E-state index in [1.54, 1.807) is 12.1 Å².